The number of likely N-dealkylation sites (tertiary alicyclic amines) is 1. The van der Waals surface area contributed by atoms with Crippen LogP contribution in [-0.2, 0) is 16.0 Å². The first kappa shape index (κ1) is 22.7. The van der Waals surface area contributed by atoms with E-state index < -0.39 is 0 Å². The van der Waals surface area contributed by atoms with Crippen molar-refractivity contribution in [2.45, 2.75) is 44.8 Å². The van der Waals surface area contributed by atoms with Crippen molar-refractivity contribution in [2.24, 2.45) is 10.9 Å². The van der Waals surface area contributed by atoms with Crippen molar-refractivity contribution in [3.63, 3.8) is 0 Å². The molecular weight excluding hydrogens is 382 g/mol. The summed E-state index contributed by atoms with van der Waals surface area (Å²) in [4.78, 5) is 6.81. The minimum atomic E-state index is 0.313. The van der Waals surface area contributed by atoms with E-state index in [1.807, 2.05) is 19.2 Å². The van der Waals surface area contributed by atoms with Crippen LogP contribution in [0.3, 0.4) is 0 Å². The zero-order valence-electron chi connectivity index (χ0n) is 18.7. The Kier molecular flexibility index (Phi) is 9.08. The van der Waals surface area contributed by atoms with Gasteiger partial charge in [0.15, 0.2) is 5.96 Å². The monoisotopic (exact) mass is 419 g/mol. The Morgan fingerprint density at radius 3 is 2.73 bits per heavy atom. The van der Waals surface area contributed by atoms with Gasteiger partial charge in [-0.2, -0.15) is 0 Å². The van der Waals surface area contributed by atoms with E-state index in [0.29, 0.717) is 31.8 Å². The number of hydrogen-bond acceptors (Lipinski definition) is 5. The highest BCUT2D eigenvalue weighted by Crippen LogP contribution is 2.30. The molecule has 0 aromatic heterocycles. The van der Waals surface area contributed by atoms with Crippen LogP contribution >= 0.6 is 0 Å². The summed E-state index contributed by atoms with van der Waals surface area (Å²) in [5, 5.41) is 3.52. The lowest BCUT2D eigenvalue weighted by molar-refractivity contribution is 0.0536. The lowest BCUT2D eigenvalue weighted by atomic mass is 10.1. The van der Waals surface area contributed by atoms with Crippen LogP contribution in [0.4, 0.5) is 0 Å². The number of nitrogens with one attached hydrogen (secondary N) is 1. The molecule has 0 amide bonds. The first-order chi connectivity index (χ1) is 14.7. The van der Waals surface area contributed by atoms with Gasteiger partial charge in [0.2, 0.25) is 0 Å². The number of guanidine groups is 1. The molecule has 1 unspecified atom stereocenters. The molecule has 1 aliphatic heterocycles. The Morgan fingerprint density at radius 2 is 2.00 bits per heavy atom. The van der Waals surface area contributed by atoms with Crippen LogP contribution in [0.5, 0.6) is 11.5 Å². The predicted molar refractivity (Wildman–Crippen MR) is 118 cm³/mol. The smallest absolute Gasteiger partial charge is 0.193 e. The van der Waals surface area contributed by atoms with Gasteiger partial charge in [-0.1, -0.05) is 0 Å². The summed E-state index contributed by atoms with van der Waals surface area (Å²) in [6.45, 7) is 4.69. The molecule has 2 fully saturated rings. The first-order valence-electron chi connectivity index (χ1n) is 11.1. The van der Waals surface area contributed by atoms with Crippen LogP contribution in [0.2, 0.25) is 0 Å². The fraction of sp³-hybridized carbons (Fsp3) is 0.696. The first-order valence-corrected chi connectivity index (χ1v) is 11.1. The Hall–Kier alpha value is -1.99. The molecule has 1 heterocycles. The van der Waals surface area contributed by atoms with E-state index in [-0.39, 0.29) is 0 Å². The average Bonchev–Trinajstić information content (AvgIpc) is 3.45. The fourth-order valence-corrected chi connectivity index (χ4v) is 4.16. The van der Waals surface area contributed by atoms with Gasteiger partial charge < -0.3 is 29.2 Å². The molecule has 1 aromatic carbocycles. The van der Waals surface area contributed by atoms with Gasteiger partial charge >= 0.3 is 0 Å². The second-order valence-corrected chi connectivity index (χ2v) is 8.07. The van der Waals surface area contributed by atoms with Gasteiger partial charge in [0, 0.05) is 51.3 Å². The second-order valence-electron chi connectivity index (χ2n) is 8.07. The molecule has 3 rings (SSSR count). The molecule has 7 nitrogen and oxygen atoms in total. The highest BCUT2D eigenvalue weighted by Gasteiger charge is 2.25. The van der Waals surface area contributed by atoms with Crippen molar-refractivity contribution < 1.29 is 18.9 Å². The molecule has 0 spiro atoms. The highest BCUT2D eigenvalue weighted by atomic mass is 16.5. The molecule has 2 aliphatic rings. The Morgan fingerprint density at radius 1 is 1.17 bits per heavy atom. The third-order valence-electron chi connectivity index (χ3n) is 5.89. The van der Waals surface area contributed by atoms with E-state index in [9.17, 15) is 0 Å². The minimum absolute atomic E-state index is 0.313. The van der Waals surface area contributed by atoms with Gasteiger partial charge in [-0.05, 0) is 44.2 Å². The van der Waals surface area contributed by atoms with Crippen LogP contribution in [0, 0.1) is 5.92 Å². The van der Waals surface area contributed by atoms with Crippen molar-refractivity contribution in [1.82, 2.24) is 10.2 Å². The number of nitrogens with zero attached hydrogens (tertiary/aromatic N) is 2. The van der Waals surface area contributed by atoms with E-state index in [1.165, 1.54) is 12.8 Å². The Labute approximate surface area is 180 Å². The number of rotatable bonds is 10. The van der Waals surface area contributed by atoms with Crippen LogP contribution in [0.1, 0.15) is 37.7 Å². The quantitative estimate of drug-likeness (QED) is 0.357. The third-order valence-corrected chi connectivity index (χ3v) is 5.89. The number of hydrogen-bond donors (Lipinski definition) is 1. The third kappa shape index (κ3) is 6.51. The summed E-state index contributed by atoms with van der Waals surface area (Å²) in [5.41, 5.74) is 1.13. The molecule has 1 saturated heterocycles. The van der Waals surface area contributed by atoms with Gasteiger partial charge in [0.25, 0.3) is 0 Å². The molecule has 30 heavy (non-hydrogen) atoms. The summed E-state index contributed by atoms with van der Waals surface area (Å²) in [6, 6.07) is 6.08. The van der Waals surface area contributed by atoms with Gasteiger partial charge in [0.1, 0.15) is 11.5 Å². The molecule has 7 heteroatoms. The topological polar surface area (TPSA) is 64.6 Å². The van der Waals surface area contributed by atoms with Crippen LogP contribution in [0.25, 0.3) is 0 Å². The van der Waals surface area contributed by atoms with Gasteiger partial charge in [-0.15, -0.1) is 0 Å². The highest BCUT2D eigenvalue weighted by molar-refractivity contribution is 5.80. The average molecular weight is 420 g/mol. The van der Waals surface area contributed by atoms with E-state index >= 15 is 0 Å². The zero-order chi connectivity index (χ0) is 21.2. The summed E-state index contributed by atoms with van der Waals surface area (Å²) in [7, 11) is 5.23. The molecule has 1 atom stereocenters. The van der Waals surface area contributed by atoms with E-state index in [4.69, 9.17) is 18.9 Å². The predicted octanol–water partition coefficient (Wildman–Crippen LogP) is 3.08. The number of ether oxygens (including phenoxy) is 4. The van der Waals surface area contributed by atoms with Crippen molar-refractivity contribution in [3.05, 3.63) is 23.8 Å². The summed E-state index contributed by atoms with van der Waals surface area (Å²) < 4.78 is 22.5. The maximum absolute atomic E-state index is 6.32. The van der Waals surface area contributed by atoms with Crippen molar-refractivity contribution in [1.29, 1.82) is 0 Å². The van der Waals surface area contributed by atoms with Gasteiger partial charge in [-0.3, -0.25) is 4.99 Å². The van der Waals surface area contributed by atoms with Gasteiger partial charge in [0.05, 0.1) is 33.0 Å². The molecular formula is C23H37N3O4. The molecule has 1 aromatic rings. The van der Waals surface area contributed by atoms with Gasteiger partial charge in [-0.25, -0.2) is 0 Å². The van der Waals surface area contributed by atoms with E-state index in [2.05, 4.69) is 21.3 Å². The molecule has 0 bridgehead atoms. The van der Waals surface area contributed by atoms with E-state index in [1.54, 1.807) is 14.2 Å². The molecule has 1 N–H and O–H groups in total. The Bertz CT molecular complexity index is 676. The summed E-state index contributed by atoms with van der Waals surface area (Å²) in [5.74, 6) is 3.20. The van der Waals surface area contributed by atoms with Crippen molar-refractivity contribution in [2.75, 3.05) is 54.2 Å². The molecule has 1 saturated carbocycles. The lowest BCUT2D eigenvalue weighted by Crippen LogP contribution is -2.40. The largest absolute Gasteiger partial charge is 0.497 e. The Balaban J connectivity index is 1.54. The standard InChI is InChI=1S/C23H37N3O4/c1-24-23(26-11-10-18(16-26)17-29-13-12-27-2)25-15-19-8-9-21(28-3)14-22(19)30-20-6-4-5-7-20/h8-9,14,18,20H,4-7,10-13,15-17H2,1-3H3,(H,24,25). The molecule has 168 valence electrons. The number of benzene rings is 1. The van der Waals surface area contributed by atoms with Crippen molar-refractivity contribution >= 4 is 5.96 Å². The molecule has 0 radical (unpaired) electrons. The number of methoxy groups -OCH3 is 2. The van der Waals surface area contributed by atoms with Crippen LogP contribution in [-0.4, -0.2) is 71.1 Å². The zero-order valence-corrected chi connectivity index (χ0v) is 18.7. The maximum atomic E-state index is 6.32. The van der Waals surface area contributed by atoms with Crippen LogP contribution in [0.15, 0.2) is 23.2 Å². The summed E-state index contributed by atoms with van der Waals surface area (Å²) >= 11 is 0. The normalized spacial score (nSPS) is 20.0. The maximum Gasteiger partial charge on any atom is 0.193 e. The lowest BCUT2D eigenvalue weighted by Gasteiger charge is -2.23. The molecule has 1 aliphatic carbocycles. The minimum Gasteiger partial charge on any atom is -0.497 e. The number of aliphatic imine (C=N–C) groups is 1. The summed E-state index contributed by atoms with van der Waals surface area (Å²) in [6.07, 6.45) is 6.19. The SMILES string of the molecule is CN=C(NCc1ccc(OC)cc1OC1CCCC1)N1CCC(COCCOC)C1. The van der Waals surface area contributed by atoms with Crippen LogP contribution < -0.4 is 14.8 Å². The second kappa shape index (κ2) is 12.0. The fourth-order valence-electron chi connectivity index (χ4n) is 4.16. The van der Waals surface area contributed by atoms with Crippen molar-refractivity contribution in [3.8, 4) is 11.5 Å². The van der Waals surface area contributed by atoms with E-state index in [0.717, 1.165) is 62.0 Å².